The first-order chi connectivity index (χ1) is 70.5. The number of thioether (sulfide) groups is 1. The quantitative estimate of drug-likeness (QED) is 0.185. The Bertz CT molecular complexity index is 2500. The monoisotopic (exact) mass is 2200 g/mol. The Morgan fingerprint density at radius 3 is 0.673 bits per heavy atom. The Kier molecular flexibility index (Phi) is 137. The van der Waals surface area contributed by atoms with Crippen molar-refractivity contribution < 1.29 is 22.1 Å². The van der Waals surface area contributed by atoms with Crippen LogP contribution in [0.4, 0.5) is 0 Å². The number of sulfone groups is 1. The van der Waals surface area contributed by atoms with Gasteiger partial charge >= 0.3 is 0 Å². The van der Waals surface area contributed by atoms with Crippen LogP contribution >= 0.6 is 11.8 Å². The van der Waals surface area contributed by atoms with Gasteiger partial charge in [-0.1, -0.05) is 297 Å². The number of ether oxygens (including phenoxy) is 2. The van der Waals surface area contributed by atoms with E-state index in [1.165, 1.54) is 142 Å². The van der Waals surface area contributed by atoms with E-state index >= 15 is 0 Å². The molecule has 1 aliphatic carbocycles. The van der Waals surface area contributed by atoms with Crippen LogP contribution in [0.15, 0.2) is 0 Å². The second-order valence-corrected chi connectivity index (χ2v) is 52.2. The zero-order valence-corrected chi connectivity index (χ0v) is 119. The van der Waals surface area contributed by atoms with Gasteiger partial charge in [-0.25, -0.2) is 8.42 Å². The first kappa shape index (κ1) is 177. The molecule has 0 N–H and O–H groups in total. The molecule has 13 saturated heterocycles. The van der Waals surface area contributed by atoms with Crippen molar-refractivity contribution in [2.24, 2.45) is 71.0 Å². The third kappa shape index (κ3) is 95.4. The molecule has 14 fully saturated rings. The molecule has 8 atom stereocenters. The average Bonchev–Trinajstić information content (AvgIpc) is 1.62. The van der Waals surface area contributed by atoms with E-state index in [0.29, 0.717) is 42.7 Å². The molecule has 20 heteroatoms. The third-order valence-corrected chi connectivity index (χ3v) is 29.5. The third-order valence-electron chi connectivity index (χ3n) is 25.6. The highest BCUT2D eigenvalue weighted by Gasteiger charge is 2.46. The van der Waals surface area contributed by atoms with E-state index in [1.807, 2.05) is 166 Å². The molecule has 0 aromatic carbocycles. The summed E-state index contributed by atoms with van der Waals surface area (Å²) in [6.07, 6.45) is 8.78. The Morgan fingerprint density at radius 2 is 0.453 bits per heavy atom. The largest absolute Gasteiger partial charge is 0.381 e. The molecule has 13 aliphatic heterocycles. The first-order valence-corrected chi connectivity index (χ1v) is 69.2. The summed E-state index contributed by atoms with van der Waals surface area (Å²) in [4.78, 5) is 30.8. The summed E-state index contributed by atoms with van der Waals surface area (Å²) in [5.41, 5.74) is 0. The lowest BCUT2D eigenvalue weighted by molar-refractivity contribution is 0.0238. The number of fused-ring (bicyclic) bond motifs is 7. The molecule has 0 spiro atoms. The number of nitrogens with zero attached hydrogens (tertiary/aromatic N) is 12. The van der Waals surface area contributed by atoms with Crippen molar-refractivity contribution in [3.05, 3.63) is 0 Å². The van der Waals surface area contributed by atoms with E-state index in [4.69, 9.17) is 9.47 Å². The predicted octanol–water partition coefficient (Wildman–Crippen LogP) is 33.3. The minimum atomic E-state index is -2.69. The van der Waals surface area contributed by atoms with Gasteiger partial charge in [0.05, 0.1) is 37.9 Å². The fourth-order valence-electron chi connectivity index (χ4n) is 18.6. The summed E-state index contributed by atoms with van der Waals surface area (Å²) in [6, 6.07) is 11.9. The molecule has 0 aromatic heterocycles. The van der Waals surface area contributed by atoms with Gasteiger partial charge in [-0.15, -0.1) is 0 Å². The highest BCUT2D eigenvalue weighted by atomic mass is 32.2. The molecule has 4 unspecified atom stereocenters. The maximum Gasteiger partial charge on any atom is 0.152 e. The Hall–Kier alpha value is -0.110. The van der Waals surface area contributed by atoms with Crippen LogP contribution in [0, 0.1) is 71.0 Å². The van der Waals surface area contributed by atoms with Gasteiger partial charge in [-0.2, -0.15) is 11.8 Å². The molecule has 0 amide bonds. The number of piperazine rings is 2. The SMILES string of the molecule is CC.CC.CC.CC.CC.CC.CC.CC.CC.CC.CC.CC.CC(C)C.CC(C)C.CC(C)C.CC(C)C.CC(C)C.CC(C)C.CC(C)N1CC2CCCC2C1.CC(C)N1CC2CN(C(C)C)CC2C1.CC(C)N1CC2COCC2C1.CC(C)N1CCOCC1.CC(C)N1CCS(=O)(=O)CC1.CC(C)N1CCS(=O)CC1.CC(C)N1CCSCC1.CC(C)N1C[C@H]2CC[C@@H](C1)N2C(C)C.CC(C)N1C[C@H]2C[C@@H]1CN2C(C)C. The van der Waals surface area contributed by atoms with Gasteiger partial charge in [0.15, 0.2) is 9.84 Å². The molecule has 926 valence electrons. The average molecular weight is 2210 g/mol. The van der Waals surface area contributed by atoms with Crippen LogP contribution in [0.3, 0.4) is 0 Å². The zero-order chi connectivity index (χ0) is 121. The molecule has 150 heavy (non-hydrogen) atoms. The second kappa shape index (κ2) is 116. The number of hydrogen-bond donors (Lipinski definition) is 0. The summed E-state index contributed by atoms with van der Waals surface area (Å²) in [6.45, 7) is 170. The van der Waals surface area contributed by atoms with Gasteiger partial charge < -0.3 is 29.1 Å². The van der Waals surface area contributed by atoms with Crippen molar-refractivity contribution in [1.29, 1.82) is 0 Å². The van der Waals surface area contributed by atoms with E-state index < -0.39 is 20.6 Å². The molecular formula is C130H298N12O5S3. The van der Waals surface area contributed by atoms with Gasteiger partial charge in [0.1, 0.15) is 0 Å². The van der Waals surface area contributed by atoms with Crippen LogP contribution in [-0.4, -0.2) is 360 Å². The number of morpholine rings is 1. The van der Waals surface area contributed by atoms with Gasteiger partial charge in [0.25, 0.3) is 0 Å². The molecule has 1 saturated carbocycles. The summed E-state index contributed by atoms with van der Waals surface area (Å²) < 4.78 is 43.5. The van der Waals surface area contributed by atoms with Crippen LogP contribution in [0.25, 0.3) is 0 Å². The van der Waals surface area contributed by atoms with Crippen molar-refractivity contribution in [2.75, 3.05) is 192 Å². The predicted molar refractivity (Wildman–Crippen MR) is 700 cm³/mol. The Balaban J connectivity index is -0.000000122. The lowest BCUT2D eigenvalue weighted by Crippen LogP contribution is -2.57. The highest BCUT2D eigenvalue weighted by molar-refractivity contribution is 7.99. The standard InChI is InChI=1S/2C12H24N2.C11H22N2.C10H19N.C9H17NO.C7H15NO2S.C7H15NOS.C7H15NO.C7H15NS.6C4H10.12C2H6/c1-9(2)13-5-11-7-14(10(3)4)8-12(11)6-13;1-9(2)13-7-11-5-6-12(8-13)14(11)10(3)4;1-8(2)12-6-11-5-10(12)7-13(11)9(3)4;1-8(2)11-6-9-4-3-5-10(9)7-11;1-7(2)10-3-8-5-11-6-9(8)4-10;1-7(2)8-3-5-11(9,10)6-4-8;1-7(2)8-3-5-10(9)6-4-8;2*1-7(2)8-3-5-9-6-4-8;6*1-4(2)3;12*1-2/h2*9-12H,5-8H2,1-4H3;8-11H,5-7H2,1-4H3;8-10H,3-7H2,1-2H3;7-9H,3-6H2,1-2H3;7H,3-6H2,1-2H3;7H,3-6H2,1-2H3;2*7H,3-6H2,1-2H3;6*4H,1-3H3;12*1-2H3/t;11-,12+;10-,11-;;;;;;;;;;;;;;;;;;;;;;;;/m..1......................../s1. The van der Waals surface area contributed by atoms with Gasteiger partial charge in [0, 0.05) is 273 Å². The van der Waals surface area contributed by atoms with Gasteiger partial charge in [0.2, 0.25) is 0 Å². The smallest absolute Gasteiger partial charge is 0.152 e. The van der Waals surface area contributed by atoms with Crippen LogP contribution in [0.2, 0.25) is 0 Å². The number of hydrogen-bond acceptors (Lipinski definition) is 18. The van der Waals surface area contributed by atoms with Crippen LogP contribution in [-0.2, 0) is 30.1 Å². The van der Waals surface area contributed by atoms with Crippen molar-refractivity contribution >= 4 is 32.4 Å². The van der Waals surface area contributed by atoms with E-state index in [0.717, 1.165) is 214 Å². The molecule has 13 heterocycles. The molecule has 14 aliphatic rings. The van der Waals surface area contributed by atoms with Crippen molar-refractivity contribution in [3.8, 4) is 0 Å². The summed E-state index contributed by atoms with van der Waals surface area (Å²) >= 11 is 2.07. The maximum absolute atomic E-state index is 11.0. The number of rotatable bonds is 12. The van der Waals surface area contributed by atoms with Crippen molar-refractivity contribution in [1.82, 2.24) is 58.8 Å². The van der Waals surface area contributed by atoms with E-state index in [2.05, 4.69) is 361 Å². The zero-order valence-electron chi connectivity index (χ0n) is 116. The lowest BCUT2D eigenvalue weighted by atomic mass is 10.0. The van der Waals surface area contributed by atoms with Crippen LogP contribution < -0.4 is 0 Å². The molecule has 4 bridgehead atoms. The van der Waals surface area contributed by atoms with Crippen molar-refractivity contribution in [3.63, 3.8) is 0 Å². The Labute approximate surface area is 961 Å². The van der Waals surface area contributed by atoms with Crippen molar-refractivity contribution in [2.45, 2.75) is 592 Å². The normalized spacial score (nSPS) is 23.4. The summed E-state index contributed by atoms with van der Waals surface area (Å²) in [5, 5.41) is 0. The molecular weight excluding hydrogens is 1910 g/mol. The van der Waals surface area contributed by atoms with E-state index in [9.17, 15) is 12.6 Å². The minimum Gasteiger partial charge on any atom is -0.381 e. The number of likely N-dealkylation sites (tertiary alicyclic amines) is 7. The molecule has 14 rings (SSSR count). The van der Waals surface area contributed by atoms with Gasteiger partial charge in [-0.05, 0) is 257 Å². The lowest BCUT2D eigenvalue weighted by Gasteiger charge is -2.44. The van der Waals surface area contributed by atoms with Crippen LogP contribution in [0.5, 0.6) is 0 Å². The maximum atomic E-state index is 11.0. The van der Waals surface area contributed by atoms with E-state index in [-0.39, 0.29) is 0 Å². The fraction of sp³-hybridized carbons (Fsp3) is 1.00. The Morgan fingerprint density at radius 1 is 0.233 bits per heavy atom. The summed E-state index contributed by atoms with van der Waals surface area (Å²) in [7, 11) is -3.21. The molecule has 17 nitrogen and oxygen atoms in total. The van der Waals surface area contributed by atoms with Crippen LogP contribution in [0.1, 0.15) is 495 Å². The first-order valence-electron chi connectivity index (χ1n) is 64.8. The summed E-state index contributed by atoms with van der Waals surface area (Å²) in [5.74, 6) is 15.8. The van der Waals surface area contributed by atoms with Gasteiger partial charge in [-0.3, -0.25) is 43.4 Å². The molecule has 0 aromatic rings. The molecule has 0 radical (unpaired) electrons. The highest BCUT2D eigenvalue weighted by Crippen LogP contribution is 2.39. The van der Waals surface area contributed by atoms with E-state index in [1.54, 1.807) is 0 Å². The fourth-order valence-corrected chi connectivity index (χ4v) is 21.8. The topological polar surface area (TPSA) is 109 Å². The second-order valence-electron chi connectivity index (χ2n) is 47.0. The minimum absolute atomic E-state index is 0.338.